The molecule has 0 saturated heterocycles. The fourth-order valence-corrected chi connectivity index (χ4v) is 6.89. The smallest absolute Gasteiger partial charge is 0.672 e. The standard InChI is InChI=1S/C39H39N2O2S.3C2H6N.Hf/c1-7-33-35(31-21-14-22-34(42-6)38(31)43-33)32-23-44-39(40-32)37(30-18-12-11-17-29(30)26-15-9-8-10-16-26)41-36-27(24(2)3)19-13-20-28(36)25(4)5;3*1-3-2;/h8-25,37H,7H2,1-6H3;3*1-2H3;/q4*-1;+4. The maximum atomic E-state index is 6.35. The summed E-state index contributed by atoms with van der Waals surface area (Å²) in [7, 11) is 12.2. The molecule has 0 spiro atoms. The van der Waals surface area contributed by atoms with Crippen molar-refractivity contribution in [2.75, 3.05) is 49.4 Å². The predicted molar refractivity (Wildman–Crippen MR) is 230 cm³/mol. The molecule has 0 aliphatic carbocycles. The summed E-state index contributed by atoms with van der Waals surface area (Å²) in [6, 6.07) is 31.6. The van der Waals surface area contributed by atoms with Crippen molar-refractivity contribution in [2.24, 2.45) is 0 Å². The summed E-state index contributed by atoms with van der Waals surface area (Å²) >= 11 is 1.66. The van der Waals surface area contributed by atoms with Gasteiger partial charge in [0.1, 0.15) is 5.76 Å². The third kappa shape index (κ3) is 11.7. The van der Waals surface area contributed by atoms with E-state index in [4.69, 9.17) is 19.5 Å². The first-order valence-electron chi connectivity index (χ1n) is 18.1. The van der Waals surface area contributed by atoms with Crippen LogP contribution >= 0.6 is 11.3 Å². The number of benzene rings is 4. The van der Waals surface area contributed by atoms with E-state index in [0.29, 0.717) is 11.8 Å². The van der Waals surface area contributed by atoms with Crippen LogP contribution in [-0.4, -0.2) is 54.4 Å². The van der Waals surface area contributed by atoms with Crippen molar-refractivity contribution in [3.8, 4) is 28.1 Å². The molecule has 0 saturated carbocycles. The third-order valence-electron chi connectivity index (χ3n) is 8.25. The van der Waals surface area contributed by atoms with Crippen LogP contribution in [0.1, 0.15) is 80.0 Å². The first-order valence-corrected chi connectivity index (χ1v) is 19.0. The number of furan rings is 1. The Morgan fingerprint density at radius 3 is 1.80 bits per heavy atom. The maximum absolute atomic E-state index is 6.35. The minimum Gasteiger partial charge on any atom is -0.672 e. The molecule has 6 aromatic rings. The molecule has 0 radical (unpaired) electrons. The largest absolute Gasteiger partial charge is 4.00 e. The van der Waals surface area contributed by atoms with Crippen molar-refractivity contribution in [3.63, 3.8) is 0 Å². The first-order chi connectivity index (χ1) is 25.6. The van der Waals surface area contributed by atoms with Gasteiger partial charge in [-0.05, 0) is 40.6 Å². The van der Waals surface area contributed by atoms with Gasteiger partial charge in [-0.25, -0.2) is 4.98 Å². The molecule has 0 N–H and O–H groups in total. The van der Waals surface area contributed by atoms with E-state index in [1.54, 1.807) is 60.7 Å². The minimum absolute atomic E-state index is 0. The Hall–Kier alpha value is -3.60. The van der Waals surface area contributed by atoms with Gasteiger partial charge in [0.15, 0.2) is 11.3 Å². The average molecular weight is 911 g/mol. The van der Waals surface area contributed by atoms with Gasteiger partial charge in [0.2, 0.25) is 0 Å². The van der Waals surface area contributed by atoms with Crippen molar-refractivity contribution < 1.29 is 35.0 Å². The van der Waals surface area contributed by atoms with Crippen LogP contribution in [0.3, 0.4) is 0 Å². The fourth-order valence-electron chi connectivity index (χ4n) is 6.02. The summed E-state index contributed by atoms with van der Waals surface area (Å²) in [4.78, 5) is 5.35. The van der Waals surface area contributed by atoms with E-state index in [9.17, 15) is 0 Å². The molecule has 7 nitrogen and oxygen atoms in total. The van der Waals surface area contributed by atoms with Crippen LogP contribution in [-0.2, 0) is 32.3 Å². The van der Waals surface area contributed by atoms with Gasteiger partial charge in [0.25, 0.3) is 0 Å². The summed E-state index contributed by atoms with van der Waals surface area (Å²) in [5.74, 6) is 2.31. The third-order valence-corrected chi connectivity index (χ3v) is 9.14. The van der Waals surface area contributed by atoms with Crippen LogP contribution < -0.4 is 4.74 Å². The molecule has 0 fully saturated rings. The minimum atomic E-state index is -0.291. The summed E-state index contributed by atoms with van der Waals surface area (Å²) in [6.45, 7) is 11.1. The second-order valence-electron chi connectivity index (χ2n) is 13.1. The zero-order valence-electron chi connectivity index (χ0n) is 34.1. The van der Waals surface area contributed by atoms with E-state index < -0.39 is 0 Å². The molecule has 1 unspecified atom stereocenters. The Morgan fingerprint density at radius 2 is 1.24 bits per heavy atom. The van der Waals surface area contributed by atoms with Crippen LogP contribution in [0.4, 0.5) is 5.69 Å². The van der Waals surface area contributed by atoms with Gasteiger partial charge in [0, 0.05) is 17.2 Å². The van der Waals surface area contributed by atoms with E-state index in [2.05, 4.69) is 135 Å². The molecule has 1 atom stereocenters. The number of aromatic nitrogens is 1. The topological polar surface area (TPSA) is 91.7 Å². The normalized spacial score (nSPS) is 11.0. The number of hydrogen-bond donors (Lipinski definition) is 0. The number of ether oxygens (including phenoxy) is 1. The van der Waals surface area contributed by atoms with E-state index in [1.165, 1.54) is 22.3 Å². The molecule has 6 rings (SSSR count). The van der Waals surface area contributed by atoms with Gasteiger partial charge in [-0.2, -0.15) is 42.3 Å². The quantitative estimate of drug-likeness (QED) is 0.128. The van der Waals surface area contributed by atoms with Crippen LogP contribution in [0, 0.1) is 0 Å². The van der Waals surface area contributed by atoms with E-state index >= 15 is 0 Å². The SMILES string of the molecule is CCc1oc2c(OC)cccc2c1-c1csc(C([N-]c2c(C(C)C)cccc2C(C)C)c2ccccc2-c2ccccc2)n1.C[N-]C.C[N-]C.C[N-]C.[Hf+4]. The van der Waals surface area contributed by atoms with Crippen LogP contribution in [0.25, 0.3) is 54.6 Å². The second kappa shape index (κ2) is 24.0. The molecule has 54 heavy (non-hydrogen) atoms. The number of nitrogens with zero attached hydrogens (tertiary/aromatic N) is 5. The van der Waals surface area contributed by atoms with Gasteiger partial charge in [-0.3, -0.25) is 0 Å². The number of hydrogen-bond acceptors (Lipinski definition) is 4. The molecule has 9 heteroatoms. The number of fused-ring (bicyclic) bond motifs is 1. The number of thiazole rings is 1. The van der Waals surface area contributed by atoms with Crippen LogP contribution in [0.2, 0.25) is 0 Å². The molecule has 0 amide bonds. The van der Waals surface area contributed by atoms with Crippen molar-refractivity contribution in [3.05, 3.63) is 145 Å². The van der Waals surface area contributed by atoms with Crippen molar-refractivity contribution in [1.29, 1.82) is 0 Å². The first kappa shape index (κ1) is 46.6. The number of para-hydroxylation sites is 2. The molecule has 284 valence electrons. The van der Waals surface area contributed by atoms with Crippen LogP contribution in [0.5, 0.6) is 5.75 Å². The van der Waals surface area contributed by atoms with Gasteiger partial charge in [-0.1, -0.05) is 131 Å². The van der Waals surface area contributed by atoms with E-state index in [-0.39, 0.29) is 31.9 Å². The Labute approximate surface area is 347 Å². The van der Waals surface area contributed by atoms with Crippen molar-refractivity contribution in [1.82, 2.24) is 4.98 Å². The van der Waals surface area contributed by atoms with Gasteiger partial charge in [-0.15, -0.1) is 17.0 Å². The average Bonchev–Trinajstić information content (AvgIpc) is 3.80. The molecule has 4 aromatic carbocycles. The van der Waals surface area contributed by atoms with Crippen molar-refractivity contribution >= 4 is 28.0 Å². The number of methoxy groups -OCH3 is 1. The number of rotatable bonds is 10. The molecular weight excluding hydrogens is 853 g/mol. The Kier molecular flexibility index (Phi) is 20.7. The summed E-state index contributed by atoms with van der Waals surface area (Å²) in [6.07, 6.45) is 0.754. The molecule has 2 aromatic heterocycles. The van der Waals surface area contributed by atoms with Crippen molar-refractivity contribution in [2.45, 2.75) is 58.9 Å². The maximum Gasteiger partial charge on any atom is 4.00 e. The molecule has 0 bridgehead atoms. The van der Waals surface area contributed by atoms with E-state index in [1.807, 2.05) is 12.1 Å². The molecule has 0 aliphatic heterocycles. The van der Waals surface area contributed by atoms with Crippen LogP contribution in [0.15, 0.2) is 101 Å². The molecular formula is C45H57HfN5O2S. The Morgan fingerprint density at radius 1 is 0.704 bits per heavy atom. The second-order valence-corrected chi connectivity index (χ2v) is 14.0. The zero-order chi connectivity index (χ0) is 38.9. The van der Waals surface area contributed by atoms with Gasteiger partial charge < -0.3 is 30.4 Å². The Bertz CT molecular complexity index is 1920. The zero-order valence-corrected chi connectivity index (χ0v) is 38.5. The molecule has 2 heterocycles. The van der Waals surface area contributed by atoms with E-state index in [0.717, 1.165) is 56.4 Å². The van der Waals surface area contributed by atoms with Gasteiger partial charge in [0.05, 0.1) is 23.4 Å². The summed E-state index contributed by atoms with van der Waals surface area (Å²) in [5.41, 5.74) is 9.78. The predicted octanol–water partition coefficient (Wildman–Crippen LogP) is 13.7. The summed E-state index contributed by atoms with van der Waals surface area (Å²) < 4.78 is 12.0. The molecule has 0 aliphatic rings. The Balaban J connectivity index is 0.000000920. The summed E-state index contributed by atoms with van der Waals surface area (Å²) in [5, 5.41) is 20.3. The monoisotopic (exact) mass is 911 g/mol. The number of aryl methyl sites for hydroxylation is 1. The fraction of sp³-hybridized carbons (Fsp3) is 0.356. The van der Waals surface area contributed by atoms with Gasteiger partial charge >= 0.3 is 25.8 Å².